The number of ether oxygens (including phenoxy) is 1. The molecule has 0 N–H and O–H groups in total. The summed E-state index contributed by atoms with van der Waals surface area (Å²) < 4.78 is 103. The van der Waals surface area contributed by atoms with E-state index >= 15 is 26.3 Å². The Morgan fingerprint density at radius 2 is 1.00 bits per heavy atom. The zero-order valence-electron chi connectivity index (χ0n) is 42.8. The fourth-order valence-electron chi connectivity index (χ4n) is 11.6. The molecule has 0 saturated carbocycles. The number of halogens is 6. The van der Waals surface area contributed by atoms with Gasteiger partial charge in [-0.15, -0.1) is 22.7 Å². The highest BCUT2D eigenvalue weighted by molar-refractivity contribution is 7.16. The second kappa shape index (κ2) is 18.7. The maximum absolute atomic E-state index is 16.5. The van der Waals surface area contributed by atoms with Crippen molar-refractivity contribution >= 4 is 94.4 Å². The number of thiophene rings is 2. The van der Waals surface area contributed by atoms with E-state index in [1.165, 1.54) is 50.1 Å². The first kappa shape index (κ1) is 50.6. The maximum atomic E-state index is 16.5. The first-order chi connectivity index (χ1) is 35.8. The fourth-order valence-corrected chi connectivity index (χ4v) is 13.7. The number of fused-ring (bicyclic) bond motifs is 2. The Balaban J connectivity index is 0.991. The van der Waals surface area contributed by atoms with Crippen LogP contribution in [0.1, 0.15) is 138 Å². The van der Waals surface area contributed by atoms with E-state index < -0.39 is 40.7 Å². The van der Waals surface area contributed by atoms with Crippen molar-refractivity contribution in [2.45, 2.75) is 117 Å². The van der Waals surface area contributed by atoms with Gasteiger partial charge in [0.25, 0.3) is 11.8 Å². The molecule has 75 heavy (non-hydrogen) atoms. The van der Waals surface area contributed by atoms with E-state index in [0.29, 0.717) is 55.4 Å². The number of rotatable bonds is 15. The van der Waals surface area contributed by atoms with Crippen LogP contribution >= 0.6 is 22.7 Å². The summed E-state index contributed by atoms with van der Waals surface area (Å²) in [7, 11) is 0. The van der Waals surface area contributed by atoms with Gasteiger partial charge in [-0.05, 0) is 152 Å². The number of para-hydroxylation sites is 1. The van der Waals surface area contributed by atoms with Crippen molar-refractivity contribution in [1.29, 1.82) is 0 Å². The fraction of sp³-hybridized carbons (Fsp3) is 0.302. The number of aryl methyl sites for hydroxylation is 2. The van der Waals surface area contributed by atoms with Crippen molar-refractivity contribution in [3.05, 3.63) is 152 Å². The van der Waals surface area contributed by atoms with E-state index in [9.17, 15) is 9.59 Å². The number of carbonyl (C=O) groups is 2. The van der Waals surface area contributed by atoms with Gasteiger partial charge in [-0.25, -0.2) is 4.90 Å². The Morgan fingerprint density at radius 3 is 1.57 bits per heavy atom. The van der Waals surface area contributed by atoms with Crippen molar-refractivity contribution in [3.8, 4) is 26.6 Å². The number of anilines is 1. The van der Waals surface area contributed by atoms with Gasteiger partial charge in [0.2, 0.25) is 0 Å². The van der Waals surface area contributed by atoms with E-state index in [-0.39, 0.29) is 32.7 Å². The van der Waals surface area contributed by atoms with Crippen LogP contribution in [-0.2, 0) is 0 Å². The predicted octanol–water partition coefficient (Wildman–Crippen LogP) is 19.4. The van der Waals surface area contributed by atoms with Crippen molar-refractivity contribution < 1.29 is 40.7 Å². The quantitative estimate of drug-likeness (QED) is 0.0338. The average Bonchev–Trinajstić information content (AvgIpc) is 3.99. The summed E-state index contributed by atoms with van der Waals surface area (Å²) in [6, 6.07) is 32.4. The average molecular weight is 1050 g/mol. The molecule has 0 bridgehead atoms. The second-order valence-corrected chi connectivity index (χ2v) is 23.3. The number of imide groups is 1. The van der Waals surface area contributed by atoms with E-state index in [1.54, 1.807) is 36.4 Å². The van der Waals surface area contributed by atoms with Gasteiger partial charge in [0, 0.05) is 47.2 Å². The van der Waals surface area contributed by atoms with Crippen LogP contribution in [0.2, 0.25) is 0 Å². The second-order valence-electron chi connectivity index (χ2n) is 20.8. The van der Waals surface area contributed by atoms with Crippen LogP contribution in [0.15, 0.2) is 109 Å². The first-order valence-corrected chi connectivity index (χ1v) is 27.4. The lowest BCUT2D eigenvalue weighted by molar-refractivity contribution is -0.254. The molecular weight excluding hydrogens is 997 g/mol. The standard InChI is InChI=1S/C63H55F6NO3S2/c1-8-9-10-11-12-13-30-73-38-22-20-37(21-23-38)51-31-49(35(6)74-51)56-57(62(66,67)63(68,69)61(56,64)65)50-32-52(75-36(50)7)41-24-25-44-46-27-29-48-55-47(28-26-45(54(46)55)43-19-15-18-42(41)53(43)44)59(71)70(60(48)72)58-39(33(2)3)16-14-17-40(58)34(4)5/h14-29,31-34H,8-13,30H2,1-7H3. The van der Waals surface area contributed by atoms with Gasteiger partial charge < -0.3 is 4.74 Å². The Morgan fingerprint density at radius 1 is 0.520 bits per heavy atom. The zero-order valence-corrected chi connectivity index (χ0v) is 44.4. The molecule has 12 heteroatoms. The summed E-state index contributed by atoms with van der Waals surface area (Å²) in [6.07, 6.45) is 6.69. The minimum atomic E-state index is -5.72. The third kappa shape index (κ3) is 7.73. The van der Waals surface area contributed by atoms with Gasteiger partial charge in [-0.3, -0.25) is 9.59 Å². The number of benzene rings is 7. The van der Waals surface area contributed by atoms with E-state index in [0.717, 1.165) is 90.8 Å². The summed E-state index contributed by atoms with van der Waals surface area (Å²) >= 11 is 2.15. The number of alkyl halides is 6. The Hall–Kier alpha value is -6.50. The predicted molar refractivity (Wildman–Crippen MR) is 296 cm³/mol. The molecule has 11 rings (SSSR count). The number of hydrogen-bond acceptors (Lipinski definition) is 5. The number of carbonyl (C=O) groups excluding carboxylic acids is 2. The summed E-state index contributed by atoms with van der Waals surface area (Å²) in [5, 5.41) is 6.10. The number of amides is 2. The summed E-state index contributed by atoms with van der Waals surface area (Å²) in [4.78, 5) is 32.2. The smallest absolute Gasteiger partial charge is 0.380 e. The lowest BCUT2D eigenvalue weighted by atomic mass is 9.83. The molecule has 1 aliphatic heterocycles. The molecule has 0 fully saturated rings. The normalized spacial score (nSPS) is 16.2. The Labute approximate surface area is 440 Å². The minimum absolute atomic E-state index is 0.0366. The van der Waals surface area contributed by atoms with Gasteiger partial charge in [0.05, 0.1) is 12.3 Å². The molecule has 7 aromatic carbocycles. The van der Waals surface area contributed by atoms with Crippen LogP contribution < -0.4 is 9.64 Å². The van der Waals surface area contributed by atoms with E-state index in [2.05, 4.69) is 6.92 Å². The van der Waals surface area contributed by atoms with Crippen molar-refractivity contribution in [2.75, 3.05) is 11.5 Å². The van der Waals surface area contributed by atoms with Crippen LogP contribution in [0.5, 0.6) is 5.75 Å². The Bertz CT molecular complexity index is 3710. The molecule has 1 aliphatic carbocycles. The molecule has 2 aliphatic rings. The topological polar surface area (TPSA) is 46.6 Å². The van der Waals surface area contributed by atoms with Crippen molar-refractivity contribution in [1.82, 2.24) is 0 Å². The van der Waals surface area contributed by atoms with Crippen molar-refractivity contribution in [3.63, 3.8) is 0 Å². The molecule has 2 aromatic heterocycles. The molecular formula is C63H55F6NO3S2. The molecule has 0 atom stereocenters. The van der Waals surface area contributed by atoms with Crippen LogP contribution in [0, 0.1) is 13.8 Å². The molecule has 0 radical (unpaired) electrons. The van der Waals surface area contributed by atoms with Gasteiger partial charge in [0.1, 0.15) is 5.75 Å². The minimum Gasteiger partial charge on any atom is -0.494 e. The third-order valence-corrected chi connectivity index (χ3v) is 17.6. The summed E-state index contributed by atoms with van der Waals surface area (Å²) in [5.41, 5.74) is 0.994. The molecule has 4 nitrogen and oxygen atoms in total. The first-order valence-electron chi connectivity index (χ1n) is 25.8. The van der Waals surface area contributed by atoms with Crippen LogP contribution in [0.25, 0.3) is 75.1 Å². The van der Waals surface area contributed by atoms with Gasteiger partial charge in [-0.1, -0.05) is 127 Å². The van der Waals surface area contributed by atoms with Gasteiger partial charge in [0.15, 0.2) is 0 Å². The van der Waals surface area contributed by atoms with E-state index in [4.69, 9.17) is 4.74 Å². The highest BCUT2D eigenvalue weighted by Gasteiger charge is 2.80. The van der Waals surface area contributed by atoms with Crippen LogP contribution in [-0.4, -0.2) is 36.2 Å². The van der Waals surface area contributed by atoms with Crippen molar-refractivity contribution in [2.24, 2.45) is 0 Å². The SMILES string of the molecule is CCCCCCCCOc1ccc(-c2cc(C3=C(c4cc(-c5ccc6c7ccc8c9c(ccc(c%10cccc5c%106)c97)C(=O)N(c5c(C(C)C)cccc5C(C)C)C8=O)sc4C)C(F)(F)C(F)(F)C3(F)F)c(C)s2)cc1. The molecule has 9 aromatic rings. The number of hydrogen-bond donors (Lipinski definition) is 0. The molecule has 2 amide bonds. The highest BCUT2D eigenvalue weighted by Crippen LogP contribution is 2.66. The molecule has 0 saturated heterocycles. The highest BCUT2D eigenvalue weighted by atomic mass is 32.1. The number of nitrogens with zero attached hydrogens (tertiary/aromatic N) is 1. The summed E-state index contributed by atoms with van der Waals surface area (Å²) in [6.45, 7) is 13.9. The van der Waals surface area contributed by atoms with Crippen LogP contribution in [0.3, 0.4) is 0 Å². The maximum Gasteiger partial charge on any atom is 0.380 e. The molecule has 384 valence electrons. The van der Waals surface area contributed by atoms with Crippen LogP contribution in [0.4, 0.5) is 32.0 Å². The Kier molecular flexibility index (Phi) is 12.6. The monoisotopic (exact) mass is 1050 g/mol. The molecule has 3 heterocycles. The molecule has 0 spiro atoms. The lowest BCUT2D eigenvalue weighted by Gasteiger charge is -2.32. The molecule has 0 unspecified atom stereocenters. The number of unbranched alkanes of at least 4 members (excludes halogenated alkanes) is 5. The van der Waals surface area contributed by atoms with E-state index in [1.807, 2.05) is 88.4 Å². The largest absolute Gasteiger partial charge is 0.494 e. The van der Waals surface area contributed by atoms with Gasteiger partial charge >= 0.3 is 17.8 Å². The summed E-state index contributed by atoms with van der Waals surface area (Å²) in [5.74, 6) is -16.3. The van der Waals surface area contributed by atoms with Gasteiger partial charge in [-0.2, -0.15) is 26.3 Å². The zero-order chi connectivity index (χ0) is 53.0. The third-order valence-electron chi connectivity index (χ3n) is 15.4. The lowest BCUT2D eigenvalue weighted by Crippen LogP contribution is -2.48. The number of allylic oxidation sites excluding steroid dienone is 2.